The van der Waals surface area contributed by atoms with Crippen molar-refractivity contribution in [2.45, 2.75) is 30.4 Å². The highest BCUT2D eigenvalue weighted by molar-refractivity contribution is 7.98. The maximum atomic E-state index is 12.9. The Morgan fingerprint density at radius 2 is 1.81 bits per heavy atom. The summed E-state index contributed by atoms with van der Waals surface area (Å²) in [4.78, 5) is 30.3. The summed E-state index contributed by atoms with van der Waals surface area (Å²) in [7, 11) is 3.11. The van der Waals surface area contributed by atoms with E-state index in [1.165, 1.54) is 23.4 Å². The van der Waals surface area contributed by atoms with E-state index in [9.17, 15) is 9.59 Å². The van der Waals surface area contributed by atoms with E-state index in [0.717, 1.165) is 20.6 Å². The van der Waals surface area contributed by atoms with Crippen LogP contribution in [0.5, 0.6) is 0 Å². The summed E-state index contributed by atoms with van der Waals surface area (Å²) >= 11 is 13.6. The first-order valence-corrected chi connectivity index (χ1v) is 10.1. The molecule has 0 amide bonds. The predicted octanol–water partition coefficient (Wildman–Crippen LogP) is 4.35. The summed E-state index contributed by atoms with van der Waals surface area (Å²) in [6.07, 6.45) is 1.75. The summed E-state index contributed by atoms with van der Waals surface area (Å²) in [5, 5.41) is 1.47. The van der Waals surface area contributed by atoms with Crippen molar-refractivity contribution in [1.29, 1.82) is 0 Å². The molecule has 8 heteroatoms. The van der Waals surface area contributed by atoms with Gasteiger partial charge in [0.2, 0.25) is 0 Å². The Balaban J connectivity index is 2.19. The van der Waals surface area contributed by atoms with Crippen LogP contribution in [-0.2, 0) is 19.8 Å². The maximum absolute atomic E-state index is 12.9. The van der Waals surface area contributed by atoms with Gasteiger partial charge in [0, 0.05) is 30.9 Å². The van der Waals surface area contributed by atoms with Crippen LogP contribution in [0.1, 0.15) is 30.9 Å². The van der Waals surface area contributed by atoms with Crippen molar-refractivity contribution in [3.05, 3.63) is 66.4 Å². The number of hydrogen-bond acceptors (Lipinski definition) is 4. The van der Waals surface area contributed by atoms with Crippen LogP contribution in [0.2, 0.25) is 10.0 Å². The Labute approximate surface area is 170 Å². The molecule has 5 nitrogen and oxygen atoms in total. The summed E-state index contributed by atoms with van der Waals surface area (Å²) < 4.78 is 2.53. The molecule has 0 fully saturated rings. The monoisotopic (exact) mass is 423 g/mol. The lowest BCUT2D eigenvalue weighted by Crippen LogP contribution is -2.37. The topological polar surface area (TPSA) is 56.9 Å². The summed E-state index contributed by atoms with van der Waals surface area (Å²) in [5.41, 5.74) is 1.64. The molecule has 0 saturated carbocycles. The molecule has 0 atom stereocenters. The third-order valence-electron chi connectivity index (χ3n) is 4.44. The minimum Gasteiger partial charge on any atom is -0.280 e. The molecule has 0 unspecified atom stereocenters. The zero-order chi connectivity index (χ0) is 19.9. The molecule has 0 N–H and O–H groups in total. The number of hydrogen-bond donors (Lipinski definition) is 0. The number of pyridine rings is 1. The molecule has 2 aromatic heterocycles. The van der Waals surface area contributed by atoms with E-state index in [2.05, 4.69) is 18.8 Å². The summed E-state index contributed by atoms with van der Waals surface area (Å²) in [6.45, 7) is 4.11. The van der Waals surface area contributed by atoms with Crippen LogP contribution in [0, 0.1) is 0 Å². The van der Waals surface area contributed by atoms with Crippen LogP contribution in [0.4, 0.5) is 0 Å². The van der Waals surface area contributed by atoms with Crippen molar-refractivity contribution in [3.63, 3.8) is 0 Å². The van der Waals surface area contributed by atoms with Crippen molar-refractivity contribution < 1.29 is 0 Å². The lowest BCUT2D eigenvalue weighted by atomic mass is 10.0. The maximum Gasteiger partial charge on any atom is 0.332 e. The highest BCUT2D eigenvalue weighted by Crippen LogP contribution is 2.35. The second-order valence-electron chi connectivity index (χ2n) is 6.64. The zero-order valence-electron chi connectivity index (χ0n) is 15.4. The van der Waals surface area contributed by atoms with Gasteiger partial charge in [-0.3, -0.25) is 13.9 Å². The second-order valence-corrected chi connectivity index (χ2v) is 8.44. The van der Waals surface area contributed by atoms with Crippen molar-refractivity contribution in [3.8, 4) is 0 Å². The first-order valence-electron chi connectivity index (χ1n) is 8.37. The van der Waals surface area contributed by atoms with Gasteiger partial charge in [0.25, 0.3) is 5.56 Å². The van der Waals surface area contributed by atoms with Crippen molar-refractivity contribution in [2.24, 2.45) is 14.1 Å². The highest BCUT2D eigenvalue weighted by Gasteiger charge is 2.19. The van der Waals surface area contributed by atoms with Gasteiger partial charge in [0.15, 0.2) is 0 Å². The number of aryl methyl sites for hydroxylation is 1. The Bertz CT molecular complexity index is 1150. The third-order valence-corrected chi connectivity index (χ3v) is 6.38. The number of fused-ring (bicyclic) bond motifs is 1. The van der Waals surface area contributed by atoms with Crippen molar-refractivity contribution in [1.82, 2.24) is 14.1 Å². The highest BCUT2D eigenvalue weighted by atomic mass is 35.5. The zero-order valence-corrected chi connectivity index (χ0v) is 17.7. The molecule has 0 spiro atoms. The molecule has 0 aliphatic carbocycles. The van der Waals surface area contributed by atoms with Gasteiger partial charge in [-0.2, -0.15) is 0 Å². The molecule has 0 aliphatic rings. The third kappa shape index (κ3) is 3.66. The minimum absolute atomic E-state index is 0.181. The van der Waals surface area contributed by atoms with E-state index in [1.54, 1.807) is 19.3 Å². The Morgan fingerprint density at radius 1 is 1.11 bits per heavy atom. The van der Waals surface area contributed by atoms with Crippen LogP contribution < -0.4 is 11.2 Å². The molecule has 142 valence electrons. The van der Waals surface area contributed by atoms with Gasteiger partial charge in [-0.25, -0.2) is 9.78 Å². The quantitative estimate of drug-likeness (QED) is 0.585. The lowest BCUT2D eigenvalue weighted by Gasteiger charge is -2.16. The van der Waals surface area contributed by atoms with Gasteiger partial charge in [-0.1, -0.05) is 43.1 Å². The fraction of sp³-hybridized carbons (Fsp3) is 0.316. The van der Waals surface area contributed by atoms with Crippen molar-refractivity contribution in [2.75, 3.05) is 0 Å². The standard InChI is InChI=1S/C19H19Cl2N3O2S/c1-10(2)12-8-22-17-15(18(25)24(4)19(26)23(17)3)16(12)27-9-11-5-6-13(20)14(21)7-11/h5-8,10H,9H2,1-4H3. The van der Waals surface area contributed by atoms with Crippen LogP contribution >= 0.6 is 35.0 Å². The van der Waals surface area contributed by atoms with Crippen molar-refractivity contribution >= 4 is 46.0 Å². The molecule has 0 saturated heterocycles. The number of benzene rings is 1. The van der Waals surface area contributed by atoms with E-state index in [-0.39, 0.29) is 11.5 Å². The van der Waals surface area contributed by atoms with E-state index in [0.29, 0.717) is 26.8 Å². The fourth-order valence-corrected chi connectivity index (χ4v) is 4.46. The van der Waals surface area contributed by atoms with Gasteiger partial charge in [-0.15, -0.1) is 11.8 Å². The fourth-order valence-electron chi connectivity index (χ4n) is 2.87. The summed E-state index contributed by atoms with van der Waals surface area (Å²) in [5.74, 6) is 0.794. The molecule has 0 bridgehead atoms. The molecule has 0 radical (unpaired) electrons. The lowest BCUT2D eigenvalue weighted by molar-refractivity contribution is 0.703. The molecule has 0 aliphatic heterocycles. The molecule has 2 heterocycles. The molecular formula is C19H19Cl2N3O2S. The second kappa shape index (κ2) is 7.70. The van der Waals surface area contributed by atoms with E-state index >= 15 is 0 Å². The number of rotatable bonds is 4. The van der Waals surface area contributed by atoms with Gasteiger partial charge < -0.3 is 0 Å². The molecule has 3 aromatic rings. The van der Waals surface area contributed by atoms with Crippen LogP contribution in [0.3, 0.4) is 0 Å². The molecule has 3 rings (SSSR count). The number of nitrogens with zero attached hydrogens (tertiary/aromatic N) is 3. The van der Waals surface area contributed by atoms with Crippen LogP contribution in [0.15, 0.2) is 38.9 Å². The van der Waals surface area contributed by atoms with E-state index in [4.69, 9.17) is 23.2 Å². The van der Waals surface area contributed by atoms with E-state index in [1.807, 2.05) is 12.1 Å². The Kier molecular flexibility index (Phi) is 5.70. The normalized spacial score (nSPS) is 11.5. The first kappa shape index (κ1) is 20.0. The Morgan fingerprint density at radius 3 is 2.44 bits per heavy atom. The van der Waals surface area contributed by atoms with Crippen LogP contribution in [0.25, 0.3) is 11.0 Å². The number of aromatic nitrogens is 3. The van der Waals surface area contributed by atoms with E-state index < -0.39 is 5.69 Å². The Hall–Kier alpha value is -1.76. The number of halogens is 2. The largest absolute Gasteiger partial charge is 0.332 e. The van der Waals surface area contributed by atoms with Gasteiger partial charge in [0.1, 0.15) is 5.65 Å². The average Bonchev–Trinajstić information content (AvgIpc) is 2.64. The average molecular weight is 424 g/mol. The van der Waals surface area contributed by atoms with Crippen LogP contribution in [-0.4, -0.2) is 14.1 Å². The number of thioether (sulfide) groups is 1. The molecule has 1 aromatic carbocycles. The first-order chi connectivity index (χ1) is 12.7. The predicted molar refractivity (Wildman–Crippen MR) is 112 cm³/mol. The van der Waals surface area contributed by atoms with Gasteiger partial charge >= 0.3 is 5.69 Å². The molecule has 27 heavy (non-hydrogen) atoms. The van der Waals surface area contributed by atoms with Gasteiger partial charge in [0.05, 0.1) is 15.4 Å². The smallest absolute Gasteiger partial charge is 0.280 e. The minimum atomic E-state index is -0.391. The summed E-state index contributed by atoms with van der Waals surface area (Å²) in [6, 6.07) is 5.49. The SMILES string of the molecule is CC(C)c1cnc2c(c1SCc1ccc(Cl)c(Cl)c1)c(=O)n(C)c(=O)n2C. The van der Waals surface area contributed by atoms with Gasteiger partial charge in [-0.05, 0) is 29.2 Å². The molecular weight excluding hydrogens is 405 g/mol.